The lowest BCUT2D eigenvalue weighted by Crippen LogP contribution is -2.40. The van der Waals surface area contributed by atoms with Crippen molar-refractivity contribution in [1.82, 2.24) is 25.3 Å². The van der Waals surface area contributed by atoms with Crippen LogP contribution in [0.1, 0.15) is 29.8 Å². The smallest absolute Gasteiger partial charge is 0.223 e. The molecular weight excluding hydrogens is 503 g/mol. The Labute approximate surface area is 202 Å². The molecule has 1 aromatic carbocycles. The van der Waals surface area contributed by atoms with Crippen LogP contribution < -0.4 is 10.6 Å². The standard InChI is InChI=1S/C23H34N6O.HI/c1-18-14-19(2)29(27-18)12-7-11-25-23(24-3)26-16-21-15-22(30)28(17-21)13-10-20-8-5-4-6-9-20;/h4-6,8-9,14,21H,7,10-13,15-17H2,1-3H3,(H2,24,25,26);1H. The van der Waals surface area contributed by atoms with Crippen LogP contribution >= 0.6 is 24.0 Å². The zero-order valence-corrected chi connectivity index (χ0v) is 21.1. The van der Waals surface area contributed by atoms with Gasteiger partial charge in [-0.1, -0.05) is 30.3 Å². The molecule has 2 aromatic rings. The fraction of sp³-hybridized carbons (Fsp3) is 0.522. The van der Waals surface area contributed by atoms with Crippen molar-refractivity contribution in [2.45, 2.75) is 39.7 Å². The Kier molecular flexibility index (Phi) is 10.3. The van der Waals surface area contributed by atoms with Crippen molar-refractivity contribution >= 4 is 35.8 Å². The molecule has 170 valence electrons. The Hall–Kier alpha value is -2.10. The van der Waals surface area contributed by atoms with E-state index >= 15 is 0 Å². The first-order valence-corrected chi connectivity index (χ1v) is 10.8. The summed E-state index contributed by atoms with van der Waals surface area (Å²) in [7, 11) is 1.78. The summed E-state index contributed by atoms with van der Waals surface area (Å²) in [5, 5.41) is 11.2. The number of hydrogen-bond donors (Lipinski definition) is 2. The van der Waals surface area contributed by atoms with Gasteiger partial charge in [0, 0.05) is 57.8 Å². The van der Waals surface area contributed by atoms with Gasteiger partial charge in [0.15, 0.2) is 5.96 Å². The molecule has 7 nitrogen and oxygen atoms in total. The molecule has 1 atom stereocenters. The lowest BCUT2D eigenvalue weighted by molar-refractivity contribution is -0.127. The number of aromatic nitrogens is 2. The normalized spacial score (nSPS) is 16.4. The van der Waals surface area contributed by atoms with Gasteiger partial charge in [0.05, 0.1) is 5.69 Å². The van der Waals surface area contributed by atoms with E-state index in [2.05, 4.69) is 45.8 Å². The number of hydrogen-bond acceptors (Lipinski definition) is 3. The first-order valence-electron chi connectivity index (χ1n) is 10.8. The molecule has 1 aromatic heterocycles. The van der Waals surface area contributed by atoms with Crippen LogP contribution in [0.4, 0.5) is 0 Å². The molecule has 0 aliphatic carbocycles. The number of aryl methyl sites for hydroxylation is 3. The number of guanidine groups is 1. The molecule has 1 aliphatic rings. The number of halogens is 1. The highest BCUT2D eigenvalue weighted by Crippen LogP contribution is 2.17. The minimum absolute atomic E-state index is 0. The summed E-state index contributed by atoms with van der Waals surface area (Å²) in [6, 6.07) is 12.4. The van der Waals surface area contributed by atoms with Crippen molar-refractivity contribution in [2.75, 3.05) is 33.2 Å². The monoisotopic (exact) mass is 538 g/mol. The predicted octanol–water partition coefficient (Wildman–Crippen LogP) is 2.76. The number of aliphatic imine (C=N–C) groups is 1. The van der Waals surface area contributed by atoms with Crippen LogP contribution in [0.5, 0.6) is 0 Å². The second-order valence-electron chi connectivity index (χ2n) is 8.03. The molecule has 0 saturated carbocycles. The molecule has 1 aliphatic heterocycles. The van der Waals surface area contributed by atoms with E-state index in [0.29, 0.717) is 12.3 Å². The van der Waals surface area contributed by atoms with Crippen LogP contribution in [-0.2, 0) is 17.8 Å². The predicted molar refractivity (Wildman–Crippen MR) is 136 cm³/mol. The number of nitrogens with one attached hydrogen (secondary N) is 2. The number of amides is 1. The zero-order chi connectivity index (χ0) is 21.3. The van der Waals surface area contributed by atoms with Gasteiger partial charge < -0.3 is 15.5 Å². The van der Waals surface area contributed by atoms with Gasteiger partial charge in [0.25, 0.3) is 0 Å². The van der Waals surface area contributed by atoms with Crippen molar-refractivity contribution in [3.63, 3.8) is 0 Å². The lowest BCUT2D eigenvalue weighted by atomic mass is 10.1. The highest BCUT2D eigenvalue weighted by Gasteiger charge is 2.29. The van der Waals surface area contributed by atoms with Gasteiger partial charge in [0.1, 0.15) is 0 Å². The van der Waals surface area contributed by atoms with Crippen molar-refractivity contribution in [3.05, 3.63) is 53.3 Å². The van der Waals surface area contributed by atoms with Gasteiger partial charge in [-0.25, -0.2) is 0 Å². The minimum atomic E-state index is 0. The van der Waals surface area contributed by atoms with E-state index in [0.717, 1.165) is 57.2 Å². The van der Waals surface area contributed by atoms with E-state index < -0.39 is 0 Å². The first-order chi connectivity index (χ1) is 14.5. The summed E-state index contributed by atoms with van der Waals surface area (Å²) in [5.74, 6) is 1.37. The van der Waals surface area contributed by atoms with E-state index in [1.807, 2.05) is 34.7 Å². The summed E-state index contributed by atoms with van der Waals surface area (Å²) >= 11 is 0. The third kappa shape index (κ3) is 7.83. The van der Waals surface area contributed by atoms with Gasteiger partial charge in [-0.05, 0) is 38.3 Å². The molecule has 0 radical (unpaired) electrons. The topological polar surface area (TPSA) is 74.5 Å². The number of likely N-dealkylation sites (tertiary alicyclic amines) is 1. The van der Waals surface area contributed by atoms with E-state index in [-0.39, 0.29) is 29.9 Å². The third-order valence-corrected chi connectivity index (χ3v) is 5.53. The molecule has 0 spiro atoms. The SMILES string of the molecule is CN=C(NCCCn1nc(C)cc1C)NCC1CC(=O)N(CCc2ccccc2)C1.I. The fourth-order valence-electron chi connectivity index (χ4n) is 3.91. The Bertz CT molecular complexity index is 851. The molecule has 1 saturated heterocycles. The molecule has 3 rings (SSSR count). The molecule has 1 unspecified atom stereocenters. The van der Waals surface area contributed by atoms with Gasteiger partial charge in [0.2, 0.25) is 5.91 Å². The summed E-state index contributed by atoms with van der Waals surface area (Å²) in [5.41, 5.74) is 3.52. The molecule has 8 heteroatoms. The van der Waals surface area contributed by atoms with Crippen molar-refractivity contribution in [1.29, 1.82) is 0 Å². The summed E-state index contributed by atoms with van der Waals surface area (Å²) in [6.45, 7) is 8.17. The molecule has 1 fully saturated rings. The number of benzene rings is 1. The summed E-state index contributed by atoms with van der Waals surface area (Å²) < 4.78 is 2.04. The Morgan fingerprint density at radius 3 is 2.65 bits per heavy atom. The number of carbonyl (C=O) groups is 1. The van der Waals surface area contributed by atoms with Crippen LogP contribution in [0.2, 0.25) is 0 Å². The number of carbonyl (C=O) groups excluding carboxylic acids is 1. The largest absolute Gasteiger partial charge is 0.356 e. The quantitative estimate of drug-likeness (QED) is 0.223. The van der Waals surface area contributed by atoms with E-state index in [4.69, 9.17) is 0 Å². The maximum Gasteiger partial charge on any atom is 0.223 e. The summed E-state index contributed by atoms with van der Waals surface area (Å²) in [4.78, 5) is 18.6. The Balaban J connectivity index is 0.00000341. The highest BCUT2D eigenvalue weighted by atomic mass is 127. The second-order valence-corrected chi connectivity index (χ2v) is 8.03. The lowest BCUT2D eigenvalue weighted by Gasteiger charge is -2.18. The average molecular weight is 538 g/mol. The van der Waals surface area contributed by atoms with Crippen LogP contribution in [0.3, 0.4) is 0 Å². The second kappa shape index (κ2) is 12.7. The fourth-order valence-corrected chi connectivity index (χ4v) is 3.91. The Morgan fingerprint density at radius 2 is 1.97 bits per heavy atom. The molecular formula is C23H35IN6O. The van der Waals surface area contributed by atoms with Crippen LogP contribution in [0.25, 0.3) is 0 Å². The highest BCUT2D eigenvalue weighted by molar-refractivity contribution is 14.0. The first kappa shape index (κ1) is 25.2. The minimum Gasteiger partial charge on any atom is -0.356 e. The third-order valence-electron chi connectivity index (χ3n) is 5.53. The van der Waals surface area contributed by atoms with Gasteiger partial charge in [-0.15, -0.1) is 24.0 Å². The van der Waals surface area contributed by atoms with Gasteiger partial charge in [-0.3, -0.25) is 14.5 Å². The van der Waals surface area contributed by atoms with Crippen LogP contribution in [0, 0.1) is 19.8 Å². The number of nitrogens with zero attached hydrogens (tertiary/aromatic N) is 4. The van der Waals surface area contributed by atoms with Crippen LogP contribution in [0.15, 0.2) is 41.4 Å². The van der Waals surface area contributed by atoms with E-state index in [1.165, 1.54) is 11.3 Å². The van der Waals surface area contributed by atoms with Crippen molar-refractivity contribution in [2.24, 2.45) is 10.9 Å². The van der Waals surface area contributed by atoms with Crippen molar-refractivity contribution < 1.29 is 4.79 Å². The van der Waals surface area contributed by atoms with Crippen LogP contribution in [-0.4, -0.2) is 59.8 Å². The number of rotatable bonds is 9. The Morgan fingerprint density at radius 1 is 1.19 bits per heavy atom. The average Bonchev–Trinajstić information content (AvgIpc) is 3.26. The molecule has 1 amide bonds. The molecule has 2 N–H and O–H groups in total. The maximum atomic E-state index is 12.3. The van der Waals surface area contributed by atoms with E-state index in [9.17, 15) is 4.79 Å². The van der Waals surface area contributed by atoms with E-state index in [1.54, 1.807) is 7.05 Å². The summed E-state index contributed by atoms with van der Waals surface area (Å²) in [6.07, 6.45) is 2.49. The molecule has 2 heterocycles. The molecule has 31 heavy (non-hydrogen) atoms. The molecule has 0 bridgehead atoms. The van der Waals surface area contributed by atoms with Crippen molar-refractivity contribution in [3.8, 4) is 0 Å². The maximum absolute atomic E-state index is 12.3. The van der Waals surface area contributed by atoms with Gasteiger partial charge >= 0.3 is 0 Å². The van der Waals surface area contributed by atoms with Gasteiger partial charge in [-0.2, -0.15) is 5.10 Å². The zero-order valence-electron chi connectivity index (χ0n) is 18.8.